The SMILES string of the molecule is CN(C(=O)CCc1cnccn1)C1CCCN(Cc2ccccc2F)C1. The lowest BCUT2D eigenvalue weighted by molar-refractivity contribution is -0.133. The summed E-state index contributed by atoms with van der Waals surface area (Å²) in [4.78, 5) is 24.9. The van der Waals surface area contributed by atoms with Gasteiger partial charge in [0.25, 0.3) is 0 Å². The maximum Gasteiger partial charge on any atom is 0.222 e. The Labute approximate surface area is 153 Å². The molecule has 0 bridgehead atoms. The minimum Gasteiger partial charge on any atom is -0.341 e. The molecular formula is C20H25FN4O. The number of likely N-dealkylation sites (tertiary alicyclic amines) is 1. The molecule has 1 aliphatic rings. The predicted octanol–water partition coefficient (Wildman–Crippen LogP) is 2.67. The van der Waals surface area contributed by atoms with E-state index in [0.717, 1.165) is 31.6 Å². The number of rotatable bonds is 6. The molecule has 3 rings (SSSR count). The number of likely N-dealkylation sites (N-methyl/N-ethyl adjacent to an activating group) is 1. The van der Waals surface area contributed by atoms with Crippen LogP contribution in [0.15, 0.2) is 42.9 Å². The van der Waals surface area contributed by atoms with Gasteiger partial charge in [0.1, 0.15) is 5.82 Å². The monoisotopic (exact) mass is 356 g/mol. The number of carbonyl (C=O) groups excluding carboxylic acids is 1. The van der Waals surface area contributed by atoms with Gasteiger partial charge >= 0.3 is 0 Å². The van der Waals surface area contributed by atoms with Gasteiger partial charge in [0.05, 0.1) is 5.69 Å². The van der Waals surface area contributed by atoms with Crippen molar-refractivity contribution in [1.29, 1.82) is 0 Å². The largest absolute Gasteiger partial charge is 0.341 e. The molecule has 5 nitrogen and oxygen atoms in total. The number of benzene rings is 1. The van der Waals surface area contributed by atoms with Gasteiger partial charge in [0.15, 0.2) is 0 Å². The van der Waals surface area contributed by atoms with Crippen molar-refractivity contribution in [2.24, 2.45) is 0 Å². The summed E-state index contributed by atoms with van der Waals surface area (Å²) >= 11 is 0. The minimum absolute atomic E-state index is 0.119. The quantitative estimate of drug-likeness (QED) is 0.798. The number of nitrogens with zero attached hydrogens (tertiary/aromatic N) is 4. The van der Waals surface area contributed by atoms with Crippen molar-refractivity contribution >= 4 is 5.91 Å². The fourth-order valence-corrected chi connectivity index (χ4v) is 3.43. The molecule has 0 radical (unpaired) electrons. The van der Waals surface area contributed by atoms with Crippen molar-refractivity contribution in [3.05, 3.63) is 59.9 Å². The third-order valence-electron chi connectivity index (χ3n) is 4.99. The first-order valence-electron chi connectivity index (χ1n) is 9.10. The second-order valence-electron chi connectivity index (χ2n) is 6.82. The number of aryl methyl sites for hydroxylation is 1. The number of carbonyl (C=O) groups is 1. The number of hydrogen-bond acceptors (Lipinski definition) is 4. The van der Waals surface area contributed by atoms with Crippen LogP contribution in [0.2, 0.25) is 0 Å². The number of aromatic nitrogens is 2. The molecule has 0 N–H and O–H groups in total. The van der Waals surface area contributed by atoms with E-state index in [9.17, 15) is 9.18 Å². The summed E-state index contributed by atoms with van der Waals surface area (Å²) in [5, 5.41) is 0. The Morgan fingerprint density at radius 3 is 2.96 bits per heavy atom. The van der Waals surface area contributed by atoms with E-state index in [0.29, 0.717) is 24.9 Å². The van der Waals surface area contributed by atoms with Gasteiger partial charge in [0.2, 0.25) is 5.91 Å². The zero-order valence-electron chi connectivity index (χ0n) is 15.1. The highest BCUT2D eigenvalue weighted by Crippen LogP contribution is 2.19. The van der Waals surface area contributed by atoms with Crippen LogP contribution in [0.4, 0.5) is 4.39 Å². The Bertz CT molecular complexity index is 725. The van der Waals surface area contributed by atoms with Crippen LogP contribution in [-0.4, -0.2) is 51.9 Å². The average Bonchev–Trinajstić information content (AvgIpc) is 2.68. The van der Waals surface area contributed by atoms with Gasteiger partial charge in [-0.2, -0.15) is 0 Å². The minimum atomic E-state index is -0.164. The van der Waals surface area contributed by atoms with Crippen molar-refractivity contribution in [2.75, 3.05) is 20.1 Å². The molecule has 0 aliphatic carbocycles. The van der Waals surface area contributed by atoms with Gasteiger partial charge in [0, 0.05) is 56.8 Å². The molecule has 26 heavy (non-hydrogen) atoms. The van der Waals surface area contributed by atoms with Gasteiger partial charge in [-0.05, 0) is 31.9 Å². The summed E-state index contributed by atoms with van der Waals surface area (Å²) in [6, 6.07) is 7.07. The number of amides is 1. The highest BCUT2D eigenvalue weighted by molar-refractivity contribution is 5.76. The standard InChI is InChI=1S/C20H25FN4O/c1-24(20(26)9-8-17-13-22-10-11-23-17)18-6-4-12-25(15-18)14-16-5-2-3-7-19(16)21/h2-3,5,7,10-11,13,18H,4,6,8-9,12,14-15H2,1H3. The zero-order chi connectivity index (χ0) is 18.4. The molecule has 0 saturated carbocycles. The van der Waals surface area contributed by atoms with Crippen LogP contribution in [-0.2, 0) is 17.8 Å². The molecule has 2 heterocycles. The van der Waals surface area contributed by atoms with E-state index in [4.69, 9.17) is 0 Å². The van der Waals surface area contributed by atoms with Crippen LogP contribution in [0, 0.1) is 5.82 Å². The number of piperidine rings is 1. The molecule has 1 unspecified atom stereocenters. The van der Waals surface area contributed by atoms with Crippen molar-refractivity contribution in [2.45, 2.75) is 38.3 Å². The number of halogens is 1. The van der Waals surface area contributed by atoms with E-state index >= 15 is 0 Å². The maximum atomic E-state index is 13.9. The molecular weight excluding hydrogens is 331 g/mol. The third kappa shape index (κ3) is 4.85. The molecule has 1 saturated heterocycles. The van der Waals surface area contributed by atoms with E-state index in [1.165, 1.54) is 6.07 Å². The summed E-state index contributed by atoms with van der Waals surface area (Å²) in [6.07, 6.45) is 8.00. The first kappa shape index (κ1) is 18.5. The average molecular weight is 356 g/mol. The molecule has 138 valence electrons. The molecule has 1 atom stereocenters. The second-order valence-corrected chi connectivity index (χ2v) is 6.82. The molecule has 1 aliphatic heterocycles. The fraction of sp³-hybridized carbons (Fsp3) is 0.450. The lowest BCUT2D eigenvalue weighted by Gasteiger charge is -2.37. The van der Waals surface area contributed by atoms with Crippen molar-refractivity contribution < 1.29 is 9.18 Å². The second kappa shape index (κ2) is 8.85. The van der Waals surface area contributed by atoms with Gasteiger partial charge in [-0.3, -0.25) is 19.7 Å². The predicted molar refractivity (Wildman–Crippen MR) is 97.8 cm³/mol. The first-order valence-corrected chi connectivity index (χ1v) is 9.10. The highest BCUT2D eigenvalue weighted by atomic mass is 19.1. The Balaban J connectivity index is 1.53. The Hall–Kier alpha value is -2.34. The van der Waals surface area contributed by atoms with Gasteiger partial charge in [-0.1, -0.05) is 18.2 Å². The lowest BCUT2D eigenvalue weighted by Crippen LogP contribution is -2.48. The smallest absolute Gasteiger partial charge is 0.222 e. The maximum absolute atomic E-state index is 13.9. The van der Waals surface area contributed by atoms with Crippen molar-refractivity contribution in [3.63, 3.8) is 0 Å². The van der Waals surface area contributed by atoms with Crippen LogP contribution in [0.1, 0.15) is 30.5 Å². The molecule has 2 aromatic rings. The van der Waals surface area contributed by atoms with Crippen LogP contribution < -0.4 is 0 Å². The first-order chi connectivity index (χ1) is 12.6. The summed E-state index contributed by atoms with van der Waals surface area (Å²) in [5.74, 6) is -0.0450. The third-order valence-corrected chi connectivity index (χ3v) is 4.99. The van der Waals surface area contributed by atoms with E-state index in [1.807, 2.05) is 24.1 Å². The Kier molecular flexibility index (Phi) is 6.28. The summed E-state index contributed by atoms with van der Waals surface area (Å²) in [6.45, 7) is 2.30. The molecule has 1 aromatic heterocycles. The topological polar surface area (TPSA) is 49.3 Å². The van der Waals surface area contributed by atoms with Crippen LogP contribution in [0.25, 0.3) is 0 Å². The fourth-order valence-electron chi connectivity index (χ4n) is 3.43. The number of hydrogen-bond donors (Lipinski definition) is 0. The van der Waals surface area contributed by atoms with Crippen LogP contribution in [0.3, 0.4) is 0 Å². The summed E-state index contributed by atoms with van der Waals surface area (Å²) in [5.41, 5.74) is 1.55. The summed E-state index contributed by atoms with van der Waals surface area (Å²) < 4.78 is 13.9. The van der Waals surface area contributed by atoms with Gasteiger partial charge in [-0.25, -0.2) is 4.39 Å². The molecule has 1 amide bonds. The normalized spacial score (nSPS) is 17.8. The van der Waals surface area contributed by atoms with Crippen LogP contribution in [0.5, 0.6) is 0 Å². The van der Waals surface area contributed by atoms with Crippen molar-refractivity contribution in [1.82, 2.24) is 19.8 Å². The van der Waals surface area contributed by atoms with E-state index in [2.05, 4.69) is 14.9 Å². The van der Waals surface area contributed by atoms with Crippen LogP contribution >= 0.6 is 0 Å². The van der Waals surface area contributed by atoms with E-state index in [-0.39, 0.29) is 17.8 Å². The highest BCUT2D eigenvalue weighted by Gasteiger charge is 2.26. The zero-order valence-corrected chi connectivity index (χ0v) is 15.1. The van der Waals surface area contributed by atoms with E-state index < -0.39 is 0 Å². The molecule has 1 fully saturated rings. The van der Waals surface area contributed by atoms with Crippen molar-refractivity contribution in [3.8, 4) is 0 Å². The summed E-state index contributed by atoms with van der Waals surface area (Å²) in [7, 11) is 1.87. The molecule has 0 spiro atoms. The van der Waals surface area contributed by atoms with Gasteiger partial charge < -0.3 is 4.90 Å². The van der Waals surface area contributed by atoms with Gasteiger partial charge in [-0.15, -0.1) is 0 Å². The Morgan fingerprint density at radius 1 is 1.35 bits per heavy atom. The molecule has 6 heteroatoms. The molecule has 1 aromatic carbocycles. The Morgan fingerprint density at radius 2 is 2.19 bits per heavy atom. The lowest BCUT2D eigenvalue weighted by atomic mass is 10.0. The van der Waals surface area contributed by atoms with E-state index in [1.54, 1.807) is 24.7 Å².